The third kappa shape index (κ3) is 5.67. The molecule has 8 heteroatoms. The lowest BCUT2D eigenvalue weighted by molar-refractivity contribution is -0.141. The standard InChI is InChI=1S/C20H24N4O4/c1-11-13(3)23-17(15(5)21-11)9-27-19(25)7-8-20(26)28-10-18-16(6)22-12(2)14(4)24-18/h7-8H,9-10H2,1-6H3/b8-7+. The molecule has 0 aliphatic heterocycles. The molecule has 28 heavy (non-hydrogen) atoms. The van der Waals surface area contributed by atoms with Crippen LogP contribution >= 0.6 is 0 Å². The maximum atomic E-state index is 11.8. The normalized spacial score (nSPS) is 10.9. The number of hydrogen-bond acceptors (Lipinski definition) is 8. The van der Waals surface area contributed by atoms with Crippen LogP contribution in [0.3, 0.4) is 0 Å². The maximum absolute atomic E-state index is 11.8. The molecule has 2 aromatic heterocycles. The molecule has 0 aliphatic carbocycles. The summed E-state index contributed by atoms with van der Waals surface area (Å²) in [4.78, 5) is 41.0. The molecule has 0 fully saturated rings. The average Bonchev–Trinajstić information content (AvgIpc) is 2.63. The van der Waals surface area contributed by atoms with Crippen molar-refractivity contribution in [3.8, 4) is 0 Å². The maximum Gasteiger partial charge on any atom is 0.331 e. The van der Waals surface area contributed by atoms with E-state index in [2.05, 4.69) is 19.9 Å². The fraction of sp³-hybridized carbons (Fsp3) is 0.400. The highest BCUT2D eigenvalue weighted by atomic mass is 16.5. The minimum Gasteiger partial charge on any atom is -0.456 e. The predicted molar refractivity (Wildman–Crippen MR) is 101 cm³/mol. The number of carbonyl (C=O) groups is 2. The molecule has 0 atom stereocenters. The van der Waals surface area contributed by atoms with Gasteiger partial charge in [0, 0.05) is 12.2 Å². The van der Waals surface area contributed by atoms with Gasteiger partial charge < -0.3 is 9.47 Å². The first kappa shape index (κ1) is 21.1. The van der Waals surface area contributed by atoms with Crippen LogP contribution < -0.4 is 0 Å². The van der Waals surface area contributed by atoms with Crippen LogP contribution in [-0.2, 0) is 32.3 Å². The van der Waals surface area contributed by atoms with Crippen LogP contribution in [0.5, 0.6) is 0 Å². The Morgan fingerprint density at radius 1 is 0.607 bits per heavy atom. The van der Waals surface area contributed by atoms with E-state index < -0.39 is 11.9 Å². The number of rotatable bonds is 6. The van der Waals surface area contributed by atoms with Gasteiger partial charge in [0.1, 0.15) is 13.2 Å². The van der Waals surface area contributed by atoms with Crippen LogP contribution in [0.2, 0.25) is 0 Å². The van der Waals surface area contributed by atoms with Crippen molar-refractivity contribution < 1.29 is 19.1 Å². The number of ether oxygens (including phenoxy) is 2. The first-order valence-electron chi connectivity index (χ1n) is 8.80. The Balaban J connectivity index is 1.86. The summed E-state index contributed by atoms with van der Waals surface area (Å²) >= 11 is 0. The van der Waals surface area contributed by atoms with Crippen LogP contribution in [0, 0.1) is 41.5 Å². The van der Waals surface area contributed by atoms with E-state index in [1.165, 1.54) is 0 Å². The van der Waals surface area contributed by atoms with E-state index in [0.717, 1.165) is 34.9 Å². The molecule has 8 nitrogen and oxygen atoms in total. The molecule has 2 heterocycles. The number of nitrogens with zero attached hydrogens (tertiary/aromatic N) is 4. The van der Waals surface area contributed by atoms with Gasteiger partial charge in [-0.25, -0.2) is 9.59 Å². The topological polar surface area (TPSA) is 104 Å². The second-order valence-corrected chi connectivity index (χ2v) is 6.40. The highest BCUT2D eigenvalue weighted by Crippen LogP contribution is 2.09. The fourth-order valence-corrected chi connectivity index (χ4v) is 2.31. The molecule has 148 valence electrons. The monoisotopic (exact) mass is 384 g/mol. The van der Waals surface area contributed by atoms with Crippen LogP contribution in [0.1, 0.15) is 45.6 Å². The van der Waals surface area contributed by atoms with E-state index in [4.69, 9.17) is 9.47 Å². The van der Waals surface area contributed by atoms with Crippen molar-refractivity contribution >= 4 is 11.9 Å². The molecule has 0 aliphatic rings. The summed E-state index contributed by atoms with van der Waals surface area (Å²) in [7, 11) is 0. The first-order valence-corrected chi connectivity index (χ1v) is 8.80. The number of esters is 2. The van der Waals surface area contributed by atoms with Crippen LogP contribution in [0.15, 0.2) is 12.2 Å². The molecule has 0 saturated carbocycles. The third-order valence-electron chi connectivity index (χ3n) is 4.22. The van der Waals surface area contributed by atoms with Crippen molar-refractivity contribution in [1.82, 2.24) is 19.9 Å². The van der Waals surface area contributed by atoms with E-state index >= 15 is 0 Å². The lowest BCUT2D eigenvalue weighted by Crippen LogP contribution is -2.09. The van der Waals surface area contributed by atoms with Gasteiger partial charge >= 0.3 is 11.9 Å². The number of carbonyl (C=O) groups excluding carboxylic acids is 2. The molecular formula is C20H24N4O4. The smallest absolute Gasteiger partial charge is 0.331 e. The van der Waals surface area contributed by atoms with Gasteiger partial charge in [-0.1, -0.05) is 0 Å². The Kier molecular flexibility index (Phi) is 6.92. The minimum absolute atomic E-state index is 0.0183. The van der Waals surface area contributed by atoms with Crippen LogP contribution in [0.4, 0.5) is 0 Å². The molecule has 0 spiro atoms. The summed E-state index contributed by atoms with van der Waals surface area (Å²) in [6, 6.07) is 0. The van der Waals surface area contributed by atoms with Gasteiger partial charge in [0.05, 0.1) is 45.6 Å². The number of hydrogen-bond donors (Lipinski definition) is 0. The van der Waals surface area contributed by atoms with Gasteiger partial charge in [0.15, 0.2) is 0 Å². The summed E-state index contributed by atoms with van der Waals surface area (Å²) in [6.07, 6.45) is 2.04. The van der Waals surface area contributed by atoms with E-state index in [-0.39, 0.29) is 13.2 Å². The predicted octanol–water partition coefficient (Wildman–Crippen LogP) is 2.46. The number of aryl methyl sites for hydroxylation is 6. The zero-order valence-corrected chi connectivity index (χ0v) is 17.0. The number of aromatic nitrogens is 4. The highest BCUT2D eigenvalue weighted by Gasteiger charge is 2.10. The average molecular weight is 384 g/mol. The fourth-order valence-electron chi connectivity index (χ4n) is 2.31. The van der Waals surface area contributed by atoms with Crippen molar-refractivity contribution in [3.05, 3.63) is 57.7 Å². The van der Waals surface area contributed by atoms with Gasteiger partial charge in [-0.3, -0.25) is 19.9 Å². The zero-order valence-electron chi connectivity index (χ0n) is 17.0. The Morgan fingerprint density at radius 3 is 1.29 bits per heavy atom. The lowest BCUT2D eigenvalue weighted by Gasteiger charge is -2.08. The molecule has 0 radical (unpaired) electrons. The minimum atomic E-state index is -0.668. The van der Waals surface area contributed by atoms with Crippen molar-refractivity contribution in [2.45, 2.75) is 54.8 Å². The highest BCUT2D eigenvalue weighted by molar-refractivity contribution is 5.91. The van der Waals surface area contributed by atoms with E-state index in [9.17, 15) is 9.59 Å². The van der Waals surface area contributed by atoms with Crippen molar-refractivity contribution in [3.63, 3.8) is 0 Å². The SMILES string of the molecule is Cc1nc(C)c(COC(=O)/C=C/C(=O)OCc2nc(C)c(C)nc2C)nc1C. The molecule has 0 aromatic carbocycles. The Bertz CT molecular complexity index is 863. The Labute approximate surface area is 164 Å². The Morgan fingerprint density at radius 2 is 0.929 bits per heavy atom. The molecule has 0 bridgehead atoms. The molecule has 0 unspecified atom stereocenters. The first-order chi connectivity index (χ1) is 13.2. The van der Waals surface area contributed by atoms with Gasteiger partial charge in [0.25, 0.3) is 0 Å². The van der Waals surface area contributed by atoms with Gasteiger partial charge in [-0.15, -0.1) is 0 Å². The molecule has 0 amide bonds. The molecule has 0 saturated heterocycles. The third-order valence-corrected chi connectivity index (χ3v) is 4.22. The van der Waals surface area contributed by atoms with Gasteiger partial charge in [0.2, 0.25) is 0 Å². The quantitative estimate of drug-likeness (QED) is 0.552. The van der Waals surface area contributed by atoms with Gasteiger partial charge in [-0.2, -0.15) is 0 Å². The van der Waals surface area contributed by atoms with E-state index in [1.54, 1.807) is 13.8 Å². The Hall–Kier alpha value is -3.16. The van der Waals surface area contributed by atoms with E-state index in [1.807, 2.05) is 27.7 Å². The van der Waals surface area contributed by atoms with Gasteiger partial charge in [-0.05, 0) is 41.5 Å². The molecule has 0 N–H and O–H groups in total. The molecule has 2 aromatic rings. The molecule has 2 rings (SSSR count). The zero-order chi connectivity index (χ0) is 20.8. The molecular weight excluding hydrogens is 360 g/mol. The summed E-state index contributed by atoms with van der Waals surface area (Å²) in [6.45, 7) is 11.0. The van der Waals surface area contributed by atoms with Crippen molar-refractivity contribution in [1.29, 1.82) is 0 Å². The summed E-state index contributed by atoms with van der Waals surface area (Å²) in [5, 5.41) is 0. The lowest BCUT2D eigenvalue weighted by atomic mass is 10.3. The second kappa shape index (κ2) is 9.16. The van der Waals surface area contributed by atoms with Crippen LogP contribution in [-0.4, -0.2) is 31.9 Å². The second-order valence-electron chi connectivity index (χ2n) is 6.40. The van der Waals surface area contributed by atoms with E-state index in [0.29, 0.717) is 22.8 Å². The largest absolute Gasteiger partial charge is 0.456 e. The van der Waals surface area contributed by atoms with Crippen molar-refractivity contribution in [2.75, 3.05) is 0 Å². The summed E-state index contributed by atoms with van der Waals surface area (Å²) in [5.41, 5.74) is 5.78. The summed E-state index contributed by atoms with van der Waals surface area (Å²) < 4.78 is 10.2. The van der Waals surface area contributed by atoms with Crippen molar-refractivity contribution in [2.24, 2.45) is 0 Å². The van der Waals surface area contributed by atoms with Crippen LogP contribution in [0.25, 0.3) is 0 Å². The summed E-state index contributed by atoms with van der Waals surface area (Å²) in [5.74, 6) is -1.34.